The predicted octanol–water partition coefficient (Wildman–Crippen LogP) is 4.62. The average molecular weight is 403 g/mol. The molecule has 3 aromatic carbocycles. The van der Waals surface area contributed by atoms with Gasteiger partial charge >= 0.3 is 0 Å². The first kappa shape index (κ1) is 19.4. The minimum absolute atomic E-state index is 0.00199. The van der Waals surface area contributed by atoms with Crippen LogP contribution in [-0.2, 0) is 6.54 Å². The van der Waals surface area contributed by atoms with Gasteiger partial charge in [0.05, 0.1) is 31.8 Å². The van der Waals surface area contributed by atoms with Crippen LogP contribution in [0.2, 0.25) is 0 Å². The van der Waals surface area contributed by atoms with E-state index in [1.165, 1.54) is 6.07 Å². The molecular weight excluding hydrogens is 382 g/mol. The highest BCUT2D eigenvalue weighted by molar-refractivity contribution is 6.04. The van der Waals surface area contributed by atoms with Gasteiger partial charge in [0.2, 0.25) is 0 Å². The van der Waals surface area contributed by atoms with E-state index in [2.05, 4.69) is 0 Å². The van der Waals surface area contributed by atoms with E-state index in [9.17, 15) is 15.0 Å². The van der Waals surface area contributed by atoms with Gasteiger partial charge < -0.3 is 24.3 Å². The van der Waals surface area contributed by atoms with Crippen molar-refractivity contribution in [3.05, 3.63) is 72.4 Å². The molecule has 30 heavy (non-hydrogen) atoms. The number of carbonyl (C=O) groups is 1. The van der Waals surface area contributed by atoms with Crippen molar-refractivity contribution in [3.8, 4) is 34.1 Å². The zero-order valence-electron chi connectivity index (χ0n) is 16.6. The fourth-order valence-electron chi connectivity index (χ4n) is 3.63. The Kier molecular flexibility index (Phi) is 5.06. The predicted molar refractivity (Wildman–Crippen MR) is 115 cm³/mol. The molecular formula is C24H21NO5. The molecule has 1 aromatic heterocycles. The summed E-state index contributed by atoms with van der Waals surface area (Å²) in [6, 6.07) is 17.0. The molecule has 6 heteroatoms. The molecule has 6 nitrogen and oxygen atoms in total. The molecule has 0 radical (unpaired) electrons. The van der Waals surface area contributed by atoms with Crippen molar-refractivity contribution in [2.45, 2.75) is 6.54 Å². The van der Waals surface area contributed by atoms with Crippen LogP contribution >= 0.6 is 0 Å². The SMILES string of the molecule is COc1cc(OC)c2c(-c3ccccc3O)cn(CC(=O)c3ccccc3O)c2c1. The lowest BCUT2D eigenvalue weighted by Crippen LogP contribution is -2.09. The number of phenolic OH excluding ortho intramolecular Hbond substituents is 2. The van der Waals surface area contributed by atoms with Gasteiger partial charge in [-0.3, -0.25) is 4.79 Å². The maximum atomic E-state index is 12.9. The summed E-state index contributed by atoms with van der Waals surface area (Å²) in [6.07, 6.45) is 1.81. The highest BCUT2D eigenvalue weighted by Crippen LogP contribution is 2.42. The minimum atomic E-state index is -0.240. The second-order valence-corrected chi connectivity index (χ2v) is 6.85. The van der Waals surface area contributed by atoms with E-state index in [-0.39, 0.29) is 29.4 Å². The summed E-state index contributed by atoms with van der Waals surface area (Å²) < 4.78 is 12.8. The molecule has 4 aromatic rings. The van der Waals surface area contributed by atoms with E-state index in [1.807, 2.05) is 18.2 Å². The molecule has 0 spiro atoms. The third kappa shape index (κ3) is 3.33. The lowest BCUT2D eigenvalue weighted by Gasteiger charge is -2.10. The number of ketones is 1. The summed E-state index contributed by atoms with van der Waals surface area (Å²) in [6.45, 7) is -0.00199. The zero-order chi connectivity index (χ0) is 21.3. The Morgan fingerprint density at radius 3 is 2.27 bits per heavy atom. The smallest absolute Gasteiger partial charge is 0.186 e. The van der Waals surface area contributed by atoms with Crippen molar-refractivity contribution in [2.24, 2.45) is 0 Å². The van der Waals surface area contributed by atoms with Crippen LogP contribution < -0.4 is 9.47 Å². The average Bonchev–Trinajstić information content (AvgIpc) is 3.11. The number of Topliss-reactive ketones (excluding diaryl/α,β-unsaturated/α-hetero) is 1. The number of nitrogens with zero attached hydrogens (tertiary/aromatic N) is 1. The van der Waals surface area contributed by atoms with Gasteiger partial charge in [-0.15, -0.1) is 0 Å². The first-order valence-corrected chi connectivity index (χ1v) is 9.38. The topological polar surface area (TPSA) is 80.9 Å². The Hall–Kier alpha value is -3.93. The van der Waals surface area contributed by atoms with E-state index >= 15 is 0 Å². The summed E-state index contributed by atoms with van der Waals surface area (Å²) in [5.74, 6) is 0.973. The van der Waals surface area contributed by atoms with Crippen LogP contribution in [0.5, 0.6) is 23.0 Å². The molecule has 0 atom stereocenters. The minimum Gasteiger partial charge on any atom is -0.507 e. The third-order valence-corrected chi connectivity index (χ3v) is 5.09. The quantitative estimate of drug-likeness (QED) is 0.459. The van der Waals surface area contributed by atoms with Crippen LogP contribution in [0.25, 0.3) is 22.0 Å². The Morgan fingerprint density at radius 2 is 1.60 bits per heavy atom. The number of rotatable bonds is 6. The summed E-state index contributed by atoms with van der Waals surface area (Å²) in [7, 11) is 3.12. The van der Waals surface area contributed by atoms with E-state index in [0.717, 1.165) is 10.9 Å². The molecule has 0 aliphatic heterocycles. The number of hydrogen-bond donors (Lipinski definition) is 2. The summed E-state index contributed by atoms with van der Waals surface area (Å²) in [5.41, 5.74) is 2.32. The first-order valence-electron chi connectivity index (χ1n) is 9.38. The second kappa shape index (κ2) is 7.83. The van der Waals surface area contributed by atoms with Crippen molar-refractivity contribution in [3.63, 3.8) is 0 Å². The Morgan fingerprint density at radius 1 is 0.900 bits per heavy atom. The summed E-state index contributed by atoms with van der Waals surface area (Å²) >= 11 is 0. The van der Waals surface area contributed by atoms with Gasteiger partial charge in [0.1, 0.15) is 23.0 Å². The molecule has 0 amide bonds. The van der Waals surface area contributed by atoms with Crippen LogP contribution in [-0.4, -0.2) is 34.8 Å². The molecule has 2 N–H and O–H groups in total. The molecule has 0 unspecified atom stereocenters. The second-order valence-electron chi connectivity index (χ2n) is 6.85. The van der Waals surface area contributed by atoms with Crippen LogP contribution in [0.1, 0.15) is 10.4 Å². The van der Waals surface area contributed by atoms with E-state index in [4.69, 9.17) is 9.47 Å². The lowest BCUT2D eigenvalue weighted by atomic mass is 10.0. The number of fused-ring (bicyclic) bond motifs is 1. The number of aromatic nitrogens is 1. The van der Waals surface area contributed by atoms with Crippen LogP contribution in [0.3, 0.4) is 0 Å². The monoisotopic (exact) mass is 403 g/mol. The van der Waals surface area contributed by atoms with Crippen molar-refractivity contribution >= 4 is 16.7 Å². The normalized spacial score (nSPS) is 10.9. The molecule has 0 saturated carbocycles. The maximum Gasteiger partial charge on any atom is 0.186 e. The van der Waals surface area contributed by atoms with E-state index < -0.39 is 0 Å². The molecule has 0 aliphatic carbocycles. The molecule has 0 bridgehead atoms. The maximum absolute atomic E-state index is 12.9. The molecule has 152 valence electrons. The Balaban J connectivity index is 1.92. The fraction of sp³-hybridized carbons (Fsp3) is 0.125. The van der Waals surface area contributed by atoms with Gasteiger partial charge in [0, 0.05) is 34.8 Å². The Bertz CT molecular complexity index is 1240. The van der Waals surface area contributed by atoms with Gasteiger partial charge in [-0.2, -0.15) is 0 Å². The summed E-state index contributed by atoms with van der Waals surface area (Å²) in [5, 5.41) is 21.2. The highest BCUT2D eigenvalue weighted by Gasteiger charge is 2.20. The summed E-state index contributed by atoms with van der Waals surface area (Å²) in [4.78, 5) is 12.9. The number of phenols is 2. The van der Waals surface area contributed by atoms with Crippen molar-refractivity contribution < 1.29 is 24.5 Å². The first-order chi connectivity index (χ1) is 14.5. The number of benzene rings is 3. The largest absolute Gasteiger partial charge is 0.507 e. The molecule has 0 aliphatic rings. The number of hydrogen-bond acceptors (Lipinski definition) is 5. The molecule has 1 heterocycles. The fourth-order valence-corrected chi connectivity index (χ4v) is 3.63. The van der Waals surface area contributed by atoms with Crippen LogP contribution in [0, 0.1) is 0 Å². The number of carbonyl (C=O) groups excluding carboxylic acids is 1. The van der Waals surface area contributed by atoms with E-state index in [1.54, 1.807) is 61.4 Å². The zero-order valence-corrected chi connectivity index (χ0v) is 16.6. The standard InChI is InChI=1S/C24H21NO5/c1-29-15-11-19-24(23(12-15)30-2)18(16-7-3-5-9-20(16)26)13-25(19)14-22(28)17-8-4-6-10-21(17)27/h3-13,26-27H,14H2,1-2H3. The van der Waals surface area contributed by atoms with Crippen LogP contribution in [0.15, 0.2) is 66.9 Å². The molecule has 0 saturated heterocycles. The lowest BCUT2D eigenvalue weighted by molar-refractivity contribution is 0.0971. The molecule has 4 rings (SSSR count). The number of ether oxygens (including phenoxy) is 2. The number of para-hydroxylation sites is 2. The number of methoxy groups -OCH3 is 2. The molecule has 0 fully saturated rings. The highest BCUT2D eigenvalue weighted by atomic mass is 16.5. The van der Waals surface area contributed by atoms with Gasteiger partial charge in [0.25, 0.3) is 0 Å². The Labute approximate surface area is 173 Å². The van der Waals surface area contributed by atoms with Crippen molar-refractivity contribution in [1.29, 1.82) is 0 Å². The third-order valence-electron chi connectivity index (χ3n) is 5.09. The van der Waals surface area contributed by atoms with Gasteiger partial charge in [-0.1, -0.05) is 30.3 Å². The van der Waals surface area contributed by atoms with Gasteiger partial charge in [0.15, 0.2) is 5.78 Å². The van der Waals surface area contributed by atoms with Crippen LogP contribution in [0.4, 0.5) is 0 Å². The van der Waals surface area contributed by atoms with Gasteiger partial charge in [-0.25, -0.2) is 0 Å². The number of aromatic hydroxyl groups is 2. The van der Waals surface area contributed by atoms with Crippen molar-refractivity contribution in [2.75, 3.05) is 14.2 Å². The van der Waals surface area contributed by atoms with Gasteiger partial charge in [-0.05, 0) is 18.2 Å². The van der Waals surface area contributed by atoms with E-state index in [0.29, 0.717) is 22.6 Å². The van der Waals surface area contributed by atoms with Crippen molar-refractivity contribution in [1.82, 2.24) is 4.57 Å².